The SMILES string of the molecule is CNC1CCc2ccc(OCCNS(=O)(=O)c3cc[nH]c3)cc2C1Cc1cc(F)cc(F)c1. The predicted molar refractivity (Wildman–Crippen MR) is 122 cm³/mol. The second-order valence-corrected chi connectivity index (χ2v) is 9.94. The van der Waals surface area contributed by atoms with Gasteiger partial charge in [-0.1, -0.05) is 6.07 Å². The molecule has 2 atom stereocenters. The van der Waals surface area contributed by atoms with Crippen LogP contribution < -0.4 is 14.8 Å². The normalized spacial score (nSPS) is 18.2. The van der Waals surface area contributed by atoms with Crippen LogP contribution in [0.5, 0.6) is 5.75 Å². The zero-order valence-electron chi connectivity index (χ0n) is 18.3. The maximum atomic E-state index is 13.7. The highest BCUT2D eigenvalue weighted by atomic mass is 32.2. The summed E-state index contributed by atoms with van der Waals surface area (Å²) in [6.07, 6.45) is 5.27. The molecule has 4 rings (SSSR count). The Balaban J connectivity index is 1.46. The van der Waals surface area contributed by atoms with Crippen molar-refractivity contribution in [3.8, 4) is 5.75 Å². The van der Waals surface area contributed by atoms with E-state index in [2.05, 4.69) is 15.0 Å². The Morgan fingerprint density at radius 1 is 1.12 bits per heavy atom. The molecule has 0 aliphatic heterocycles. The maximum absolute atomic E-state index is 13.7. The molecule has 1 aliphatic carbocycles. The van der Waals surface area contributed by atoms with Crippen molar-refractivity contribution in [2.75, 3.05) is 20.2 Å². The standard InChI is InChI=1S/C24H27F2N3O3S/c1-27-24-5-3-17-2-4-20(32-9-8-29-33(30,31)21-6-7-28-15-21)14-22(17)23(24)12-16-10-18(25)13-19(26)11-16/h2,4,6-7,10-11,13-15,23-24,27-29H,3,5,8-9,12H2,1H3. The monoisotopic (exact) mass is 475 g/mol. The van der Waals surface area contributed by atoms with Crippen LogP contribution in [0.4, 0.5) is 8.78 Å². The summed E-state index contributed by atoms with van der Waals surface area (Å²) in [5.74, 6) is -0.514. The Hall–Kier alpha value is -2.75. The molecule has 33 heavy (non-hydrogen) atoms. The summed E-state index contributed by atoms with van der Waals surface area (Å²) in [5.41, 5.74) is 2.87. The van der Waals surface area contributed by atoms with Gasteiger partial charge in [-0.3, -0.25) is 0 Å². The Morgan fingerprint density at radius 3 is 2.61 bits per heavy atom. The van der Waals surface area contributed by atoms with Gasteiger partial charge in [-0.05, 0) is 73.3 Å². The quantitative estimate of drug-likeness (QED) is 0.414. The molecule has 0 radical (unpaired) electrons. The van der Waals surface area contributed by atoms with E-state index in [-0.39, 0.29) is 30.0 Å². The summed E-state index contributed by atoms with van der Waals surface area (Å²) in [6.45, 7) is 0.285. The zero-order valence-corrected chi connectivity index (χ0v) is 19.1. The lowest BCUT2D eigenvalue weighted by atomic mass is 9.76. The van der Waals surface area contributed by atoms with E-state index in [0.29, 0.717) is 17.7 Å². The topological polar surface area (TPSA) is 83.2 Å². The van der Waals surface area contributed by atoms with E-state index in [1.807, 2.05) is 25.2 Å². The smallest absolute Gasteiger partial charge is 0.242 e. The molecule has 6 nitrogen and oxygen atoms in total. The molecule has 2 unspecified atom stereocenters. The first-order valence-electron chi connectivity index (χ1n) is 10.9. The van der Waals surface area contributed by atoms with E-state index >= 15 is 0 Å². The largest absolute Gasteiger partial charge is 0.492 e. The molecule has 0 spiro atoms. The van der Waals surface area contributed by atoms with Gasteiger partial charge in [0.05, 0.1) is 4.90 Å². The van der Waals surface area contributed by atoms with Crippen LogP contribution in [-0.4, -0.2) is 39.6 Å². The fourth-order valence-corrected chi connectivity index (χ4v) is 5.44. The van der Waals surface area contributed by atoms with E-state index in [0.717, 1.165) is 24.5 Å². The molecule has 1 aromatic heterocycles. The minimum absolute atomic E-state index is 0.0237. The number of benzene rings is 2. The van der Waals surface area contributed by atoms with Crippen LogP contribution in [0.2, 0.25) is 0 Å². The van der Waals surface area contributed by atoms with E-state index in [1.165, 1.54) is 30.0 Å². The third-order valence-electron chi connectivity index (χ3n) is 6.02. The number of ether oxygens (including phenoxy) is 1. The Labute approximate surface area is 192 Å². The third-order valence-corrected chi connectivity index (χ3v) is 7.48. The number of hydrogen-bond donors (Lipinski definition) is 3. The average Bonchev–Trinajstić information content (AvgIpc) is 3.32. The summed E-state index contributed by atoms with van der Waals surface area (Å²) in [5, 5.41) is 3.34. The Kier molecular flexibility index (Phi) is 7.11. The molecule has 3 N–H and O–H groups in total. The minimum atomic E-state index is -3.58. The number of hydrogen-bond acceptors (Lipinski definition) is 4. The summed E-state index contributed by atoms with van der Waals surface area (Å²) >= 11 is 0. The number of halogens is 2. The molecule has 1 aliphatic rings. The van der Waals surface area contributed by atoms with Crippen molar-refractivity contribution in [2.45, 2.75) is 36.1 Å². The summed E-state index contributed by atoms with van der Waals surface area (Å²) in [4.78, 5) is 2.89. The first kappa shape index (κ1) is 23.4. The highest BCUT2D eigenvalue weighted by Crippen LogP contribution is 2.36. The van der Waals surface area contributed by atoms with Gasteiger partial charge < -0.3 is 15.0 Å². The molecular weight excluding hydrogens is 448 g/mol. The lowest BCUT2D eigenvalue weighted by Crippen LogP contribution is -2.37. The van der Waals surface area contributed by atoms with Gasteiger partial charge in [0.25, 0.3) is 0 Å². The highest BCUT2D eigenvalue weighted by Gasteiger charge is 2.29. The molecule has 9 heteroatoms. The van der Waals surface area contributed by atoms with Crippen LogP contribution >= 0.6 is 0 Å². The van der Waals surface area contributed by atoms with Crippen LogP contribution in [0, 0.1) is 11.6 Å². The molecule has 2 aromatic carbocycles. The summed E-state index contributed by atoms with van der Waals surface area (Å²) in [7, 11) is -1.68. The number of aromatic amines is 1. The molecule has 176 valence electrons. The van der Waals surface area contributed by atoms with Crippen LogP contribution in [0.15, 0.2) is 59.8 Å². The van der Waals surface area contributed by atoms with Crippen molar-refractivity contribution in [2.24, 2.45) is 0 Å². The van der Waals surface area contributed by atoms with Gasteiger partial charge in [0, 0.05) is 37.0 Å². The number of rotatable bonds is 9. The summed E-state index contributed by atoms with van der Waals surface area (Å²) in [6, 6.07) is 11.1. The molecule has 3 aromatic rings. The Morgan fingerprint density at radius 2 is 1.91 bits per heavy atom. The lowest BCUT2D eigenvalue weighted by Gasteiger charge is -2.34. The molecule has 0 bridgehead atoms. The van der Waals surface area contributed by atoms with Crippen molar-refractivity contribution in [3.63, 3.8) is 0 Å². The van der Waals surface area contributed by atoms with Crippen molar-refractivity contribution in [3.05, 3.63) is 83.2 Å². The van der Waals surface area contributed by atoms with Gasteiger partial charge in [0.2, 0.25) is 10.0 Å². The number of H-pyrrole nitrogens is 1. The van der Waals surface area contributed by atoms with Gasteiger partial charge in [0.1, 0.15) is 24.0 Å². The third kappa shape index (κ3) is 5.61. The van der Waals surface area contributed by atoms with E-state index in [4.69, 9.17) is 4.74 Å². The molecule has 1 heterocycles. The summed E-state index contributed by atoms with van der Waals surface area (Å²) < 4.78 is 60.2. The van der Waals surface area contributed by atoms with Crippen LogP contribution in [0.3, 0.4) is 0 Å². The van der Waals surface area contributed by atoms with Gasteiger partial charge in [-0.25, -0.2) is 21.9 Å². The number of nitrogens with one attached hydrogen (secondary N) is 3. The van der Waals surface area contributed by atoms with Gasteiger partial charge in [-0.15, -0.1) is 0 Å². The van der Waals surface area contributed by atoms with Gasteiger partial charge >= 0.3 is 0 Å². The van der Waals surface area contributed by atoms with Crippen molar-refractivity contribution in [1.82, 2.24) is 15.0 Å². The first-order chi connectivity index (χ1) is 15.9. The molecule has 0 fully saturated rings. The fraction of sp³-hybridized carbons (Fsp3) is 0.333. The second kappa shape index (κ2) is 10.0. The Bertz CT molecular complexity index is 1180. The fourth-order valence-electron chi connectivity index (χ4n) is 4.45. The predicted octanol–water partition coefficient (Wildman–Crippen LogP) is 3.51. The lowest BCUT2D eigenvalue weighted by molar-refractivity contribution is 0.320. The number of aromatic nitrogens is 1. The van der Waals surface area contributed by atoms with Crippen LogP contribution in [0.25, 0.3) is 0 Å². The molecular formula is C24H27F2N3O3S. The zero-order chi connectivity index (χ0) is 23.4. The second-order valence-electron chi connectivity index (χ2n) is 8.18. The van der Waals surface area contributed by atoms with Gasteiger partial charge in [-0.2, -0.15) is 0 Å². The van der Waals surface area contributed by atoms with E-state index in [1.54, 1.807) is 6.20 Å². The van der Waals surface area contributed by atoms with Crippen LogP contribution in [-0.2, 0) is 22.9 Å². The maximum Gasteiger partial charge on any atom is 0.242 e. The number of likely N-dealkylation sites (N-methyl/N-ethyl adjacent to an activating group) is 1. The first-order valence-corrected chi connectivity index (χ1v) is 12.3. The van der Waals surface area contributed by atoms with E-state index < -0.39 is 21.7 Å². The number of fused-ring (bicyclic) bond motifs is 1. The van der Waals surface area contributed by atoms with E-state index in [9.17, 15) is 17.2 Å². The van der Waals surface area contributed by atoms with Crippen LogP contribution in [0.1, 0.15) is 29.0 Å². The van der Waals surface area contributed by atoms with Gasteiger partial charge in [0.15, 0.2) is 0 Å². The highest BCUT2D eigenvalue weighted by molar-refractivity contribution is 7.89. The average molecular weight is 476 g/mol. The minimum Gasteiger partial charge on any atom is -0.492 e. The molecule has 0 saturated heterocycles. The molecule has 0 amide bonds. The number of aryl methyl sites for hydroxylation is 1. The van der Waals surface area contributed by atoms with Crippen molar-refractivity contribution in [1.29, 1.82) is 0 Å². The number of sulfonamides is 1. The van der Waals surface area contributed by atoms with Crippen molar-refractivity contribution >= 4 is 10.0 Å². The molecule has 0 saturated carbocycles. The van der Waals surface area contributed by atoms with Crippen molar-refractivity contribution < 1.29 is 21.9 Å².